The number of likely N-dealkylation sites (tertiary alicyclic amines) is 1. The van der Waals surface area contributed by atoms with Gasteiger partial charge >= 0.3 is 0 Å². The Kier molecular flexibility index (Phi) is 4.68. The molecule has 0 spiro atoms. The van der Waals surface area contributed by atoms with Gasteiger partial charge in [-0.05, 0) is 49.4 Å². The van der Waals surface area contributed by atoms with Gasteiger partial charge in [-0.1, -0.05) is 15.9 Å². The van der Waals surface area contributed by atoms with Crippen molar-refractivity contribution in [2.75, 3.05) is 19.0 Å². The quantitative estimate of drug-likeness (QED) is 0.754. The Bertz CT molecular complexity index is 421. The van der Waals surface area contributed by atoms with Gasteiger partial charge < -0.3 is 4.90 Å². The van der Waals surface area contributed by atoms with E-state index in [1.54, 1.807) is 0 Å². The largest absolute Gasteiger partial charge is 0.339 e. The molecular weight excluding hydrogens is 314 g/mol. The summed E-state index contributed by atoms with van der Waals surface area (Å²) in [5.74, 6) is 1.41. The summed E-state index contributed by atoms with van der Waals surface area (Å²) in [4.78, 5) is 14.3. The Balaban J connectivity index is 2.07. The lowest BCUT2D eigenvalue weighted by atomic mass is 9.98. The zero-order chi connectivity index (χ0) is 13.1. The fraction of sp³-hybridized carbons (Fsp3) is 0.500. The molecule has 1 fully saturated rings. The number of rotatable bonds is 2. The molecule has 0 aliphatic carbocycles. The van der Waals surface area contributed by atoms with E-state index in [2.05, 4.69) is 15.9 Å². The minimum Gasteiger partial charge on any atom is -0.339 e. The van der Waals surface area contributed by atoms with Crippen molar-refractivity contribution in [3.05, 3.63) is 33.8 Å². The SMILES string of the molecule is Cc1cc(Br)cc(C(=O)N2CCC(CCl)CC2)c1. The summed E-state index contributed by atoms with van der Waals surface area (Å²) in [6.45, 7) is 3.64. The highest BCUT2D eigenvalue weighted by atomic mass is 79.9. The van der Waals surface area contributed by atoms with Crippen LogP contribution in [-0.4, -0.2) is 29.8 Å². The third-order valence-electron chi connectivity index (χ3n) is 3.41. The molecule has 4 heteroatoms. The molecule has 98 valence electrons. The van der Waals surface area contributed by atoms with Crippen LogP contribution < -0.4 is 0 Å². The van der Waals surface area contributed by atoms with Crippen LogP contribution in [0.5, 0.6) is 0 Å². The molecule has 1 aliphatic rings. The third kappa shape index (κ3) is 3.27. The standard InChI is InChI=1S/C14H17BrClNO/c1-10-6-12(8-13(15)7-10)14(18)17-4-2-11(9-16)3-5-17/h6-8,11H,2-5,9H2,1H3. The molecule has 0 unspecified atom stereocenters. The predicted molar refractivity (Wildman–Crippen MR) is 78.2 cm³/mol. The predicted octanol–water partition coefficient (Wildman–Crippen LogP) is 3.85. The second kappa shape index (κ2) is 6.07. The molecule has 0 atom stereocenters. The number of carbonyl (C=O) groups is 1. The van der Waals surface area contributed by atoms with Crippen LogP contribution in [-0.2, 0) is 0 Å². The van der Waals surface area contributed by atoms with Crippen LogP contribution in [0.25, 0.3) is 0 Å². The first-order chi connectivity index (χ1) is 8.60. The topological polar surface area (TPSA) is 20.3 Å². The normalized spacial score (nSPS) is 16.9. The Morgan fingerprint density at radius 2 is 2.06 bits per heavy atom. The molecular formula is C14H17BrClNO. The smallest absolute Gasteiger partial charge is 0.253 e. The van der Waals surface area contributed by atoms with Gasteiger partial charge in [0.25, 0.3) is 5.91 Å². The van der Waals surface area contributed by atoms with Crippen LogP contribution in [0, 0.1) is 12.8 Å². The maximum atomic E-state index is 12.4. The van der Waals surface area contributed by atoms with Gasteiger partial charge in [-0.2, -0.15) is 0 Å². The van der Waals surface area contributed by atoms with Gasteiger partial charge in [0.05, 0.1) is 0 Å². The molecule has 1 amide bonds. The lowest BCUT2D eigenvalue weighted by molar-refractivity contribution is 0.0698. The number of carbonyl (C=O) groups excluding carboxylic acids is 1. The first kappa shape index (κ1) is 13.9. The highest BCUT2D eigenvalue weighted by Gasteiger charge is 2.23. The molecule has 0 saturated carbocycles. The number of alkyl halides is 1. The van der Waals surface area contributed by atoms with E-state index in [4.69, 9.17) is 11.6 Å². The van der Waals surface area contributed by atoms with E-state index < -0.39 is 0 Å². The highest BCUT2D eigenvalue weighted by Crippen LogP contribution is 2.22. The minimum atomic E-state index is 0.132. The number of nitrogens with zero attached hydrogens (tertiary/aromatic N) is 1. The van der Waals surface area contributed by atoms with Crippen LogP contribution in [0.4, 0.5) is 0 Å². The van der Waals surface area contributed by atoms with Crippen LogP contribution in [0.3, 0.4) is 0 Å². The number of amides is 1. The number of halogens is 2. The summed E-state index contributed by atoms with van der Waals surface area (Å²) >= 11 is 9.29. The second-order valence-corrected chi connectivity index (χ2v) is 6.13. The van der Waals surface area contributed by atoms with Crippen molar-refractivity contribution in [3.63, 3.8) is 0 Å². The van der Waals surface area contributed by atoms with E-state index in [0.717, 1.165) is 41.5 Å². The van der Waals surface area contributed by atoms with E-state index in [1.165, 1.54) is 0 Å². The van der Waals surface area contributed by atoms with Crippen LogP contribution in [0.15, 0.2) is 22.7 Å². The number of benzene rings is 1. The summed E-state index contributed by atoms with van der Waals surface area (Å²) < 4.78 is 0.960. The van der Waals surface area contributed by atoms with E-state index in [0.29, 0.717) is 11.8 Å². The van der Waals surface area contributed by atoms with Gasteiger partial charge in [-0.3, -0.25) is 4.79 Å². The number of piperidine rings is 1. The molecule has 1 aromatic carbocycles. The Labute approximate surface area is 121 Å². The fourth-order valence-corrected chi connectivity index (χ4v) is 3.25. The lowest BCUT2D eigenvalue weighted by Gasteiger charge is -2.31. The first-order valence-electron chi connectivity index (χ1n) is 6.22. The van der Waals surface area contributed by atoms with E-state index >= 15 is 0 Å². The molecule has 1 heterocycles. The highest BCUT2D eigenvalue weighted by molar-refractivity contribution is 9.10. The first-order valence-corrected chi connectivity index (χ1v) is 7.55. The van der Waals surface area contributed by atoms with Crippen LogP contribution >= 0.6 is 27.5 Å². The zero-order valence-electron chi connectivity index (χ0n) is 10.5. The summed E-state index contributed by atoms with van der Waals surface area (Å²) in [5.41, 5.74) is 1.87. The number of aryl methyl sites for hydroxylation is 1. The average Bonchev–Trinajstić information content (AvgIpc) is 2.37. The van der Waals surface area contributed by atoms with E-state index in [-0.39, 0.29) is 5.91 Å². The third-order valence-corrected chi connectivity index (χ3v) is 4.30. The molecule has 0 N–H and O–H groups in total. The van der Waals surface area contributed by atoms with Crippen molar-refractivity contribution >= 4 is 33.4 Å². The van der Waals surface area contributed by atoms with Crippen molar-refractivity contribution in [1.82, 2.24) is 4.90 Å². The Hall–Kier alpha value is -0.540. The summed E-state index contributed by atoms with van der Waals surface area (Å²) in [6.07, 6.45) is 2.03. The monoisotopic (exact) mass is 329 g/mol. The van der Waals surface area contributed by atoms with Crippen molar-refractivity contribution in [2.24, 2.45) is 5.92 Å². The molecule has 0 bridgehead atoms. The molecule has 2 rings (SSSR count). The van der Waals surface area contributed by atoms with E-state index in [9.17, 15) is 4.79 Å². The average molecular weight is 331 g/mol. The molecule has 18 heavy (non-hydrogen) atoms. The summed E-state index contributed by atoms with van der Waals surface area (Å²) in [6, 6.07) is 5.85. The lowest BCUT2D eigenvalue weighted by Crippen LogP contribution is -2.38. The molecule has 1 saturated heterocycles. The van der Waals surface area contributed by atoms with E-state index in [1.807, 2.05) is 30.0 Å². The van der Waals surface area contributed by atoms with Gasteiger partial charge in [0.2, 0.25) is 0 Å². The molecule has 0 aromatic heterocycles. The Morgan fingerprint density at radius 1 is 1.39 bits per heavy atom. The molecule has 1 aromatic rings. The van der Waals surface area contributed by atoms with Crippen LogP contribution in [0.1, 0.15) is 28.8 Å². The van der Waals surface area contributed by atoms with Crippen molar-refractivity contribution in [3.8, 4) is 0 Å². The summed E-state index contributed by atoms with van der Waals surface area (Å²) in [5, 5.41) is 0. The number of hydrogen-bond donors (Lipinski definition) is 0. The molecule has 1 aliphatic heterocycles. The maximum absolute atomic E-state index is 12.4. The molecule has 2 nitrogen and oxygen atoms in total. The fourth-order valence-electron chi connectivity index (χ4n) is 2.33. The zero-order valence-corrected chi connectivity index (χ0v) is 12.8. The molecule has 0 radical (unpaired) electrons. The summed E-state index contributed by atoms with van der Waals surface area (Å²) in [7, 11) is 0. The number of hydrogen-bond acceptors (Lipinski definition) is 1. The van der Waals surface area contributed by atoms with Crippen molar-refractivity contribution in [2.45, 2.75) is 19.8 Å². The van der Waals surface area contributed by atoms with Gasteiger partial charge in [0.15, 0.2) is 0 Å². The van der Waals surface area contributed by atoms with Crippen molar-refractivity contribution < 1.29 is 4.79 Å². The van der Waals surface area contributed by atoms with Gasteiger partial charge in [-0.15, -0.1) is 11.6 Å². The maximum Gasteiger partial charge on any atom is 0.253 e. The Morgan fingerprint density at radius 3 is 2.61 bits per heavy atom. The van der Waals surface area contributed by atoms with Gasteiger partial charge in [0.1, 0.15) is 0 Å². The van der Waals surface area contributed by atoms with Crippen molar-refractivity contribution in [1.29, 1.82) is 0 Å². The van der Waals surface area contributed by atoms with Gasteiger partial charge in [-0.25, -0.2) is 0 Å². The van der Waals surface area contributed by atoms with Crippen LogP contribution in [0.2, 0.25) is 0 Å². The minimum absolute atomic E-state index is 0.132. The second-order valence-electron chi connectivity index (χ2n) is 4.91. The van der Waals surface area contributed by atoms with Gasteiger partial charge in [0, 0.05) is 29.0 Å².